The van der Waals surface area contributed by atoms with Gasteiger partial charge in [-0.05, 0) is 18.9 Å². The lowest BCUT2D eigenvalue weighted by atomic mass is 9.91. The molecule has 1 aromatic rings. The van der Waals surface area contributed by atoms with E-state index >= 15 is 0 Å². The molecule has 0 saturated heterocycles. The lowest BCUT2D eigenvalue weighted by Crippen LogP contribution is -2.25. The second-order valence-corrected chi connectivity index (χ2v) is 5.63. The lowest BCUT2D eigenvalue weighted by Gasteiger charge is -2.18. The van der Waals surface area contributed by atoms with Crippen LogP contribution in [0.3, 0.4) is 0 Å². The van der Waals surface area contributed by atoms with E-state index in [0.29, 0.717) is 12.6 Å². The van der Waals surface area contributed by atoms with E-state index in [0.717, 1.165) is 11.3 Å². The molecule has 3 nitrogen and oxygen atoms in total. The molecular formula is C13H20N2O. The van der Waals surface area contributed by atoms with Crippen molar-refractivity contribution in [3.05, 3.63) is 33.7 Å². The summed E-state index contributed by atoms with van der Waals surface area (Å²) in [4.78, 5) is 14.8. The number of hydrogen-bond donors (Lipinski definition) is 2. The molecule has 1 heterocycles. The third kappa shape index (κ3) is 2.73. The average molecular weight is 220 g/mol. The van der Waals surface area contributed by atoms with Crippen molar-refractivity contribution in [2.24, 2.45) is 0 Å². The number of nitrogens with one attached hydrogen (secondary N) is 2. The highest BCUT2D eigenvalue weighted by Gasteiger charge is 2.21. The molecule has 0 amide bonds. The van der Waals surface area contributed by atoms with Crippen LogP contribution >= 0.6 is 0 Å². The van der Waals surface area contributed by atoms with E-state index in [2.05, 4.69) is 31.1 Å². The Morgan fingerprint density at radius 3 is 2.56 bits per heavy atom. The number of rotatable bonds is 3. The average Bonchev–Trinajstić information content (AvgIpc) is 2.98. The van der Waals surface area contributed by atoms with Gasteiger partial charge >= 0.3 is 0 Å². The summed E-state index contributed by atoms with van der Waals surface area (Å²) in [7, 11) is 0. The van der Waals surface area contributed by atoms with Crippen LogP contribution in [0.5, 0.6) is 0 Å². The molecule has 1 aliphatic carbocycles. The van der Waals surface area contributed by atoms with E-state index < -0.39 is 0 Å². The van der Waals surface area contributed by atoms with Crippen LogP contribution in [-0.4, -0.2) is 11.0 Å². The Hall–Kier alpha value is -1.09. The molecule has 1 aliphatic rings. The summed E-state index contributed by atoms with van der Waals surface area (Å²) in [5.74, 6) is 0. The van der Waals surface area contributed by atoms with Crippen molar-refractivity contribution in [3.63, 3.8) is 0 Å². The van der Waals surface area contributed by atoms with E-state index in [9.17, 15) is 4.79 Å². The molecule has 0 aromatic carbocycles. The largest absolute Gasteiger partial charge is 0.325 e. The second-order valence-electron chi connectivity index (χ2n) is 5.63. The summed E-state index contributed by atoms with van der Waals surface area (Å²) in [5, 5.41) is 3.35. The normalized spacial score (nSPS) is 16.4. The first-order valence-electron chi connectivity index (χ1n) is 5.93. The molecular weight excluding hydrogens is 200 g/mol. The predicted molar refractivity (Wildman–Crippen MR) is 65.6 cm³/mol. The highest BCUT2D eigenvalue weighted by molar-refractivity contribution is 5.19. The number of aromatic amines is 1. The highest BCUT2D eigenvalue weighted by Crippen LogP contribution is 2.20. The fraction of sp³-hybridized carbons (Fsp3) is 0.615. The zero-order valence-electron chi connectivity index (χ0n) is 10.3. The van der Waals surface area contributed by atoms with Gasteiger partial charge in [0, 0.05) is 29.3 Å². The number of hydrogen-bond acceptors (Lipinski definition) is 2. The van der Waals surface area contributed by atoms with Crippen LogP contribution in [0.2, 0.25) is 0 Å². The zero-order chi connectivity index (χ0) is 11.8. The minimum atomic E-state index is 0.00160. The molecule has 0 bridgehead atoms. The van der Waals surface area contributed by atoms with Gasteiger partial charge in [0.15, 0.2) is 0 Å². The fourth-order valence-corrected chi connectivity index (χ4v) is 1.62. The van der Waals surface area contributed by atoms with Gasteiger partial charge in [-0.15, -0.1) is 0 Å². The van der Waals surface area contributed by atoms with Crippen LogP contribution in [0.15, 0.2) is 16.9 Å². The molecule has 2 N–H and O–H groups in total. The molecule has 0 unspecified atom stereocenters. The van der Waals surface area contributed by atoms with Crippen LogP contribution in [0.1, 0.15) is 44.9 Å². The molecule has 2 rings (SSSR count). The SMILES string of the molecule is CC(C)(C)c1ccc(CNC2CC2)c(=O)[nH]1. The van der Waals surface area contributed by atoms with Crippen molar-refractivity contribution in [3.8, 4) is 0 Å². The summed E-state index contributed by atoms with van der Waals surface area (Å²) in [6, 6.07) is 4.60. The third-order valence-corrected chi connectivity index (χ3v) is 2.96. The van der Waals surface area contributed by atoms with Gasteiger partial charge in [0.1, 0.15) is 0 Å². The molecule has 88 valence electrons. The highest BCUT2D eigenvalue weighted by atomic mass is 16.1. The molecule has 3 heteroatoms. The minimum Gasteiger partial charge on any atom is -0.325 e. The maximum atomic E-state index is 11.8. The van der Waals surface area contributed by atoms with Gasteiger partial charge in [-0.3, -0.25) is 4.79 Å². The Kier molecular flexibility index (Phi) is 2.89. The van der Waals surface area contributed by atoms with Gasteiger partial charge in [0.25, 0.3) is 5.56 Å². The third-order valence-electron chi connectivity index (χ3n) is 2.96. The Morgan fingerprint density at radius 1 is 1.38 bits per heavy atom. The molecule has 1 saturated carbocycles. The summed E-state index contributed by atoms with van der Waals surface area (Å²) in [5.41, 5.74) is 1.87. The van der Waals surface area contributed by atoms with Crippen LogP contribution in [-0.2, 0) is 12.0 Å². The molecule has 0 atom stereocenters. The number of pyridine rings is 1. The van der Waals surface area contributed by atoms with Crippen LogP contribution in [0.4, 0.5) is 0 Å². The Balaban J connectivity index is 2.12. The van der Waals surface area contributed by atoms with Gasteiger partial charge in [-0.1, -0.05) is 26.8 Å². The number of H-pyrrole nitrogens is 1. The summed E-state index contributed by atoms with van der Waals surface area (Å²) in [6.07, 6.45) is 2.50. The summed E-state index contributed by atoms with van der Waals surface area (Å²) >= 11 is 0. The van der Waals surface area contributed by atoms with Crippen molar-refractivity contribution in [2.75, 3.05) is 0 Å². The second kappa shape index (κ2) is 4.06. The summed E-state index contributed by atoms with van der Waals surface area (Å²) < 4.78 is 0. The smallest absolute Gasteiger partial charge is 0.252 e. The Bertz CT molecular complexity index is 424. The Morgan fingerprint density at radius 2 is 2.06 bits per heavy atom. The Labute approximate surface area is 96.3 Å². The quantitative estimate of drug-likeness (QED) is 0.817. The topological polar surface area (TPSA) is 44.9 Å². The first-order chi connectivity index (χ1) is 7.47. The van der Waals surface area contributed by atoms with Crippen molar-refractivity contribution in [2.45, 2.75) is 51.6 Å². The number of aromatic nitrogens is 1. The molecule has 16 heavy (non-hydrogen) atoms. The van der Waals surface area contributed by atoms with Gasteiger partial charge in [-0.25, -0.2) is 0 Å². The predicted octanol–water partition coefficient (Wildman–Crippen LogP) is 1.92. The fourth-order valence-electron chi connectivity index (χ4n) is 1.62. The molecule has 1 aromatic heterocycles. The van der Waals surface area contributed by atoms with E-state index in [1.807, 2.05) is 12.1 Å². The minimum absolute atomic E-state index is 0.00160. The van der Waals surface area contributed by atoms with Gasteiger partial charge < -0.3 is 10.3 Å². The van der Waals surface area contributed by atoms with Crippen LogP contribution < -0.4 is 10.9 Å². The van der Waals surface area contributed by atoms with Crippen LogP contribution in [0.25, 0.3) is 0 Å². The zero-order valence-corrected chi connectivity index (χ0v) is 10.3. The van der Waals surface area contributed by atoms with Gasteiger partial charge in [-0.2, -0.15) is 0 Å². The van der Waals surface area contributed by atoms with E-state index in [1.54, 1.807) is 0 Å². The molecule has 0 spiro atoms. The van der Waals surface area contributed by atoms with E-state index in [4.69, 9.17) is 0 Å². The maximum Gasteiger partial charge on any atom is 0.252 e. The molecule has 0 radical (unpaired) electrons. The van der Waals surface area contributed by atoms with Crippen molar-refractivity contribution >= 4 is 0 Å². The van der Waals surface area contributed by atoms with Crippen molar-refractivity contribution < 1.29 is 0 Å². The monoisotopic (exact) mass is 220 g/mol. The first kappa shape index (κ1) is 11.4. The van der Waals surface area contributed by atoms with Gasteiger partial charge in [0.05, 0.1) is 0 Å². The van der Waals surface area contributed by atoms with Crippen molar-refractivity contribution in [1.29, 1.82) is 0 Å². The maximum absolute atomic E-state index is 11.8. The van der Waals surface area contributed by atoms with Gasteiger partial charge in [0.2, 0.25) is 0 Å². The van der Waals surface area contributed by atoms with E-state index in [-0.39, 0.29) is 11.0 Å². The van der Waals surface area contributed by atoms with Crippen molar-refractivity contribution in [1.82, 2.24) is 10.3 Å². The van der Waals surface area contributed by atoms with E-state index in [1.165, 1.54) is 12.8 Å². The molecule has 1 fully saturated rings. The first-order valence-corrected chi connectivity index (χ1v) is 5.93. The summed E-state index contributed by atoms with van der Waals surface area (Å²) in [6.45, 7) is 6.98. The lowest BCUT2D eigenvalue weighted by molar-refractivity contribution is 0.564. The van der Waals surface area contributed by atoms with Crippen LogP contribution in [0, 0.1) is 0 Å². The standard InChI is InChI=1S/C13H20N2O/c1-13(2,3)11-7-4-9(12(16)15-11)8-14-10-5-6-10/h4,7,10,14H,5-6,8H2,1-3H3,(H,15,16). The molecule has 0 aliphatic heterocycles.